The lowest BCUT2D eigenvalue weighted by Crippen LogP contribution is -2.18. The van der Waals surface area contributed by atoms with E-state index in [0.717, 1.165) is 5.69 Å². The topological polar surface area (TPSA) is 56.0 Å². The van der Waals surface area contributed by atoms with Crippen LogP contribution in [0.2, 0.25) is 0 Å². The van der Waals surface area contributed by atoms with E-state index in [9.17, 15) is 10.1 Å². The molecule has 0 saturated carbocycles. The highest BCUT2D eigenvalue weighted by atomic mass is 79.9. The van der Waals surface area contributed by atoms with Crippen molar-refractivity contribution in [2.24, 2.45) is 5.92 Å². The van der Waals surface area contributed by atoms with E-state index in [2.05, 4.69) is 34.8 Å². The maximum atomic E-state index is 10.6. The van der Waals surface area contributed by atoms with Gasteiger partial charge in [-0.2, -0.15) is 0 Å². The third-order valence-electron chi connectivity index (χ3n) is 2.59. The van der Waals surface area contributed by atoms with E-state index in [1.807, 2.05) is 6.92 Å². The van der Waals surface area contributed by atoms with Gasteiger partial charge in [-0.3, -0.25) is 15.1 Å². The first kappa shape index (κ1) is 14.4. The molecule has 0 aromatic carbocycles. The highest BCUT2D eigenvalue weighted by Crippen LogP contribution is 2.35. The van der Waals surface area contributed by atoms with Crippen molar-refractivity contribution in [2.45, 2.75) is 32.1 Å². The molecule has 0 spiro atoms. The molecule has 1 heterocycles. The molecule has 0 fully saturated rings. The maximum absolute atomic E-state index is 10.6. The van der Waals surface area contributed by atoms with E-state index >= 15 is 0 Å². The normalized spacial score (nSPS) is 14.7. The standard InChI is InChI=1S/C11H14BrClN2O2/c1-6(2)10(7(3)13)11-9(12)4-8(5-14-11)15(16)17/h4-7,10H,1-3H3. The minimum atomic E-state index is -0.462. The Kier molecular flexibility index (Phi) is 4.89. The van der Waals surface area contributed by atoms with E-state index in [1.165, 1.54) is 12.3 Å². The molecule has 2 unspecified atom stereocenters. The zero-order valence-electron chi connectivity index (χ0n) is 9.85. The van der Waals surface area contributed by atoms with Crippen LogP contribution in [0.3, 0.4) is 0 Å². The summed E-state index contributed by atoms with van der Waals surface area (Å²) in [5, 5.41) is 10.5. The van der Waals surface area contributed by atoms with E-state index < -0.39 is 4.92 Å². The fraction of sp³-hybridized carbons (Fsp3) is 0.545. The molecule has 1 rings (SSSR count). The van der Waals surface area contributed by atoms with Crippen LogP contribution in [0.25, 0.3) is 0 Å². The molecule has 0 radical (unpaired) electrons. The summed E-state index contributed by atoms with van der Waals surface area (Å²) in [6.07, 6.45) is 1.27. The molecule has 0 N–H and O–H groups in total. The van der Waals surface area contributed by atoms with Crippen LogP contribution in [0.5, 0.6) is 0 Å². The fourth-order valence-electron chi connectivity index (χ4n) is 1.85. The predicted molar refractivity (Wildman–Crippen MR) is 71.5 cm³/mol. The Morgan fingerprint density at radius 3 is 2.41 bits per heavy atom. The zero-order valence-corrected chi connectivity index (χ0v) is 12.2. The molecule has 94 valence electrons. The summed E-state index contributed by atoms with van der Waals surface area (Å²) in [5.41, 5.74) is 0.749. The molecule has 2 atom stereocenters. The lowest BCUT2D eigenvalue weighted by atomic mass is 9.89. The van der Waals surface area contributed by atoms with Crippen LogP contribution in [0.4, 0.5) is 5.69 Å². The molecular weight excluding hydrogens is 307 g/mol. The first-order valence-corrected chi connectivity index (χ1v) is 6.51. The van der Waals surface area contributed by atoms with Crippen LogP contribution in [0.15, 0.2) is 16.7 Å². The minimum Gasteiger partial charge on any atom is -0.258 e. The Balaban J connectivity index is 3.18. The average Bonchev–Trinajstić information content (AvgIpc) is 2.19. The van der Waals surface area contributed by atoms with Crippen molar-refractivity contribution in [3.63, 3.8) is 0 Å². The van der Waals surface area contributed by atoms with Crippen molar-refractivity contribution in [1.29, 1.82) is 0 Å². The monoisotopic (exact) mass is 320 g/mol. The molecule has 6 heteroatoms. The van der Waals surface area contributed by atoms with Gasteiger partial charge in [-0.05, 0) is 28.8 Å². The minimum absolute atomic E-state index is 0.0228. The predicted octanol–water partition coefficient (Wildman–Crippen LogP) is 4.12. The van der Waals surface area contributed by atoms with Gasteiger partial charge < -0.3 is 0 Å². The Morgan fingerprint density at radius 1 is 1.47 bits per heavy atom. The van der Waals surface area contributed by atoms with E-state index in [0.29, 0.717) is 10.4 Å². The van der Waals surface area contributed by atoms with Gasteiger partial charge in [-0.15, -0.1) is 11.6 Å². The van der Waals surface area contributed by atoms with Crippen molar-refractivity contribution in [3.05, 3.63) is 32.5 Å². The number of pyridine rings is 1. The van der Waals surface area contributed by atoms with Crippen molar-refractivity contribution < 1.29 is 4.92 Å². The fourth-order valence-corrected chi connectivity index (χ4v) is 2.86. The number of nitrogens with zero attached hydrogens (tertiary/aromatic N) is 2. The molecular formula is C11H14BrClN2O2. The number of aromatic nitrogens is 1. The molecule has 0 aliphatic rings. The van der Waals surface area contributed by atoms with Crippen molar-refractivity contribution in [3.8, 4) is 0 Å². The Hall–Kier alpha value is -0.680. The Morgan fingerprint density at radius 2 is 2.06 bits per heavy atom. The summed E-state index contributed by atoms with van der Waals surface area (Å²) in [7, 11) is 0. The van der Waals surface area contributed by atoms with Crippen LogP contribution in [0, 0.1) is 16.0 Å². The largest absolute Gasteiger partial charge is 0.288 e. The highest BCUT2D eigenvalue weighted by Gasteiger charge is 2.25. The van der Waals surface area contributed by atoms with Gasteiger partial charge in [0, 0.05) is 21.8 Å². The Bertz CT molecular complexity index is 416. The Labute approximate surface area is 114 Å². The number of halogens is 2. The SMILES string of the molecule is CC(C)C(c1ncc([N+](=O)[O-])cc1Br)C(C)Cl. The number of rotatable bonds is 4. The van der Waals surface area contributed by atoms with Crippen molar-refractivity contribution in [1.82, 2.24) is 4.98 Å². The summed E-state index contributed by atoms with van der Waals surface area (Å²) in [5.74, 6) is 0.375. The maximum Gasteiger partial charge on any atom is 0.288 e. The van der Waals surface area contributed by atoms with E-state index in [1.54, 1.807) is 0 Å². The van der Waals surface area contributed by atoms with Gasteiger partial charge in [0.2, 0.25) is 0 Å². The van der Waals surface area contributed by atoms with Gasteiger partial charge in [0.15, 0.2) is 0 Å². The molecule has 4 nitrogen and oxygen atoms in total. The van der Waals surface area contributed by atoms with Gasteiger partial charge in [0.1, 0.15) is 6.20 Å². The third-order valence-corrected chi connectivity index (χ3v) is 3.50. The number of nitro groups is 1. The average molecular weight is 322 g/mol. The molecule has 17 heavy (non-hydrogen) atoms. The van der Waals surface area contributed by atoms with Crippen LogP contribution >= 0.6 is 27.5 Å². The van der Waals surface area contributed by atoms with Crippen LogP contribution in [0.1, 0.15) is 32.4 Å². The number of alkyl halides is 1. The molecule has 1 aromatic rings. The van der Waals surface area contributed by atoms with Crippen molar-refractivity contribution in [2.75, 3.05) is 0 Å². The molecule has 0 aliphatic heterocycles. The van der Waals surface area contributed by atoms with Crippen molar-refractivity contribution >= 4 is 33.2 Å². The summed E-state index contributed by atoms with van der Waals surface area (Å²) < 4.78 is 0.637. The number of hydrogen-bond donors (Lipinski definition) is 0. The van der Waals surface area contributed by atoms with Gasteiger partial charge in [-0.1, -0.05) is 13.8 Å². The second kappa shape index (κ2) is 5.78. The van der Waals surface area contributed by atoms with Gasteiger partial charge in [0.05, 0.1) is 10.6 Å². The van der Waals surface area contributed by atoms with E-state index in [4.69, 9.17) is 11.6 Å². The molecule has 0 saturated heterocycles. The van der Waals surface area contributed by atoms with Crippen LogP contribution in [-0.2, 0) is 0 Å². The van der Waals surface area contributed by atoms with Gasteiger partial charge in [-0.25, -0.2) is 0 Å². The quantitative estimate of drug-likeness (QED) is 0.476. The van der Waals surface area contributed by atoms with Crippen LogP contribution in [-0.4, -0.2) is 15.3 Å². The summed E-state index contributed by atoms with van der Waals surface area (Å²) in [6.45, 7) is 6.01. The summed E-state index contributed by atoms with van der Waals surface area (Å²) >= 11 is 9.48. The lowest BCUT2D eigenvalue weighted by molar-refractivity contribution is -0.385. The second-order valence-electron chi connectivity index (χ2n) is 4.27. The van der Waals surface area contributed by atoms with E-state index in [-0.39, 0.29) is 17.0 Å². The first-order chi connectivity index (χ1) is 7.84. The number of hydrogen-bond acceptors (Lipinski definition) is 3. The smallest absolute Gasteiger partial charge is 0.258 e. The highest BCUT2D eigenvalue weighted by molar-refractivity contribution is 9.10. The third kappa shape index (κ3) is 3.39. The summed E-state index contributed by atoms with van der Waals surface area (Å²) in [4.78, 5) is 14.3. The molecule has 0 aliphatic carbocycles. The molecule has 0 bridgehead atoms. The summed E-state index contributed by atoms with van der Waals surface area (Å²) in [6, 6.07) is 1.47. The van der Waals surface area contributed by atoms with Gasteiger partial charge >= 0.3 is 0 Å². The van der Waals surface area contributed by atoms with Crippen LogP contribution < -0.4 is 0 Å². The second-order valence-corrected chi connectivity index (χ2v) is 5.81. The molecule has 0 amide bonds. The lowest BCUT2D eigenvalue weighted by Gasteiger charge is -2.23. The zero-order chi connectivity index (χ0) is 13.2. The first-order valence-electron chi connectivity index (χ1n) is 5.28. The van der Waals surface area contributed by atoms with Gasteiger partial charge in [0.25, 0.3) is 5.69 Å². The molecule has 1 aromatic heterocycles.